The first-order valence-corrected chi connectivity index (χ1v) is 5.30. The summed E-state index contributed by atoms with van der Waals surface area (Å²) in [6.45, 7) is 3.80. The Kier molecular flexibility index (Phi) is 2.92. The van der Waals surface area contributed by atoms with Crippen molar-refractivity contribution in [3.8, 4) is 0 Å². The molecule has 0 amide bonds. The second-order valence-corrected chi connectivity index (χ2v) is 3.95. The van der Waals surface area contributed by atoms with Gasteiger partial charge in [-0.15, -0.1) is 10.2 Å². The molecule has 0 aliphatic rings. The van der Waals surface area contributed by atoms with Crippen LogP contribution < -0.4 is 0 Å². The topological polar surface area (TPSA) is 30.7 Å². The highest BCUT2D eigenvalue weighted by Crippen LogP contribution is 2.22. The van der Waals surface area contributed by atoms with Crippen molar-refractivity contribution in [3.05, 3.63) is 46.8 Å². The first-order valence-electron chi connectivity index (χ1n) is 4.92. The van der Waals surface area contributed by atoms with Gasteiger partial charge in [0, 0.05) is 0 Å². The smallest absolute Gasteiger partial charge is 0.225 e. The predicted molar refractivity (Wildman–Crippen MR) is 60.0 cm³/mol. The summed E-state index contributed by atoms with van der Waals surface area (Å²) in [5.74, 6) is 0.490. The lowest BCUT2D eigenvalue weighted by Gasteiger charge is -2.15. The molecule has 1 atom stereocenters. The normalized spacial score (nSPS) is 12.8. The van der Waals surface area contributed by atoms with Crippen LogP contribution in [0.15, 0.2) is 24.3 Å². The highest BCUT2D eigenvalue weighted by molar-refractivity contribution is 6.28. The van der Waals surface area contributed by atoms with E-state index in [4.69, 9.17) is 11.6 Å². The number of halogens is 2. The lowest BCUT2D eigenvalue weighted by atomic mass is 10.1. The van der Waals surface area contributed by atoms with Crippen LogP contribution >= 0.6 is 11.6 Å². The van der Waals surface area contributed by atoms with Crippen molar-refractivity contribution in [2.24, 2.45) is 0 Å². The molecule has 1 aromatic carbocycles. The first kappa shape index (κ1) is 11.1. The van der Waals surface area contributed by atoms with Gasteiger partial charge in [0.15, 0.2) is 0 Å². The first-order chi connectivity index (χ1) is 7.59. The van der Waals surface area contributed by atoms with Gasteiger partial charge in [-0.3, -0.25) is 4.57 Å². The van der Waals surface area contributed by atoms with Gasteiger partial charge in [0.05, 0.1) is 6.04 Å². The van der Waals surface area contributed by atoms with Crippen molar-refractivity contribution in [2.45, 2.75) is 19.9 Å². The Bertz CT molecular complexity index is 473. The number of aromatic nitrogens is 3. The average molecular weight is 240 g/mol. The van der Waals surface area contributed by atoms with Crippen molar-refractivity contribution < 1.29 is 4.39 Å². The minimum atomic E-state index is -0.248. The van der Waals surface area contributed by atoms with Crippen LogP contribution in [0.4, 0.5) is 4.39 Å². The van der Waals surface area contributed by atoms with Gasteiger partial charge >= 0.3 is 0 Å². The molecule has 1 unspecified atom stereocenters. The number of hydrogen-bond donors (Lipinski definition) is 0. The molecule has 0 radical (unpaired) electrons. The van der Waals surface area contributed by atoms with Crippen molar-refractivity contribution >= 4 is 11.6 Å². The Labute approximate surface area is 97.9 Å². The number of aryl methyl sites for hydroxylation is 1. The molecular weight excluding hydrogens is 229 g/mol. The molecule has 16 heavy (non-hydrogen) atoms. The fraction of sp³-hybridized carbons (Fsp3) is 0.273. The highest BCUT2D eigenvalue weighted by atomic mass is 35.5. The SMILES string of the molecule is Cc1nnc(Cl)n1C(C)c1ccc(F)cc1. The summed E-state index contributed by atoms with van der Waals surface area (Å²) in [6, 6.07) is 6.31. The molecule has 0 fully saturated rings. The minimum Gasteiger partial charge on any atom is -0.295 e. The van der Waals surface area contributed by atoms with E-state index < -0.39 is 0 Å². The van der Waals surface area contributed by atoms with Crippen molar-refractivity contribution in [1.82, 2.24) is 14.8 Å². The zero-order valence-electron chi connectivity index (χ0n) is 8.98. The summed E-state index contributed by atoms with van der Waals surface area (Å²) in [6.07, 6.45) is 0. The lowest BCUT2D eigenvalue weighted by molar-refractivity contribution is 0.606. The molecule has 84 valence electrons. The van der Waals surface area contributed by atoms with E-state index >= 15 is 0 Å². The van der Waals surface area contributed by atoms with Gasteiger partial charge in [-0.1, -0.05) is 12.1 Å². The van der Waals surface area contributed by atoms with Gasteiger partial charge in [0.25, 0.3) is 0 Å². The zero-order chi connectivity index (χ0) is 11.7. The second kappa shape index (κ2) is 4.22. The fourth-order valence-corrected chi connectivity index (χ4v) is 1.98. The quantitative estimate of drug-likeness (QED) is 0.807. The summed E-state index contributed by atoms with van der Waals surface area (Å²) < 4.78 is 14.6. The molecule has 2 rings (SSSR count). The number of hydrogen-bond acceptors (Lipinski definition) is 2. The Morgan fingerprint density at radius 3 is 2.38 bits per heavy atom. The molecule has 5 heteroatoms. The third kappa shape index (κ3) is 1.93. The van der Waals surface area contributed by atoms with Crippen LogP contribution in [0.2, 0.25) is 5.28 Å². The molecule has 1 heterocycles. The summed E-state index contributed by atoms with van der Waals surface area (Å²) >= 11 is 5.94. The maximum absolute atomic E-state index is 12.8. The molecule has 0 N–H and O–H groups in total. The second-order valence-electron chi connectivity index (χ2n) is 3.61. The Hall–Kier alpha value is -1.42. The summed E-state index contributed by atoms with van der Waals surface area (Å²) in [5, 5.41) is 8.01. The van der Waals surface area contributed by atoms with Crippen molar-refractivity contribution in [3.63, 3.8) is 0 Å². The Balaban J connectivity index is 2.39. The lowest BCUT2D eigenvalue weighted by Crippen LogP contribution is -2.08. The summed E-state index contributed by atoms with van der Waals surface area (Å²) in [4.78, 5) is 0. The molecule has 1 aromatic heterocycles. The Morgan fingerprint density at radius 1 is 1.25 bits per heavy atom. The van der Waals surface area contributed by atoms with Crippen LogP contribution in [0.3, 0.4) is 0 Å². The van der Waals surface area contributed by atoms with Crippen LogP contribution in [0.1, 0.15) is 24.4 Å². The van der Waals surface area contributed by atoms with Crippen LogP contribution in [-0.4, -0.2) is 14.8 Å². The number of nitrogens with zero attached hydrogens (tertiary/aromatic N) is 3. The summed E-state index contributed by atoms with van der Waals surface area (Å²) in [7, 11) is 0. The molecule has 0 aliphatic heterocycles. The van der Waals surface area contributed by atoms with Crippen LogP contribution in [-0.2, 0) is 0 Å². The van der Waals surface area contributed by atoms with Gasteiger partial charge in [-0.05, 0) is 43.1 Å². The average Bonchev–Trinajstić information content (AvgIpc) is 2.59. The molecule has 0 aliphatic carbocycles. The van der Waals surface area contributed by atoms with Crippen LogP contribution in [0, 0.1) is 12.7 Å². The van der Waals surface area contributed by atoms with E-state index in [1.807, 2.05) is 13.8 Å². The molecule has 3 nitrogen and oxygen atoms in total. The van der Waals surface area contributed by atoms with Crippen LogP contribution in [0.5, 0.6) is 0 Å². The van der Waals surface area contributed by atoms with E-state index in [0.29, 0.717) is 5.28 Å². The van der Waals surface area contributed by atoms with E-state index in [1.54, 1.807) is 16.7 Å². The maximum Gasteiger partial charge on any atom is 0.225 e. The van der Waals surface area contributed by atoms with Crippen LogP contribution in [0.25, 0.3) is 0 Å². The monoisotopic (exact) mass is 239 g/mol. The molecule has 0 spiro atoms. The molecular formula is C11H11ClFN3. The predicted octanol–water partition coefficient (Wildman–Crippen LogP) is 2.99. The molecule has 0 saturated heterocycles. The zero-order valence-corrected chi connectivity index (χ0v) is 9.74. The third-order valence-electron chi connectivity index (χ3n) is 2.56. The van der Waals surface area contributed by atoms with Gasteiger partial charge in [-0.25, -0.2) is 4.39 Å². The fourth-order valence-electron chi connectivity index (χ4n) is 1.67. The van der Waals surface area contributed by atoms with E-state index in [1.165, 1.54) is 12.1 Å². The van der Waals surface area contributed by atoms with E-state index in [2.05, 4.69) is 10.2 Å². The molecule has 0 bridgehead atoms. The van der Waals surface area contributed by atoms with E-state index in [0.717, 1.165) is 11.4 Å². The maximum atomic E-state index is 12.8. The largest absolute Gasteiger partial charge is 0.295 e. The standard InChI is InChI=1S/C11H11ClFN3/c1-7(9-3-5-10(13)6-4-9)16-8(2)14-15-11(16)12/h3-7H,1-2H3. The minimum absolute atomic E-state index is 0.0110. The molecule has 2 aromatic rings. The summed E-state index contributed by atoms with van der Waals surface area (Å²) in [5.41, 5.74) is 0.964. The Morgan fingerprint density at radius 2 is 1.88 bits per heavy atom. The van der Waals surface area contributed by atoms with Crippen molar-refractivity contribution in [1.29, 1.82) is 0 Å². The molecule has 0 saturated carbocycles. The van der Waals surface area contributed by atoms with E-state index in [9.17, 15) is 4.39 Å². The van der Waals surface area contributed by atoms with Gasteiger partial charge in [0.2, 0.25) is 5.28 Å². The van der Waals surface area contributed by atoms with Gasteiger partial charge in [0.1, 0.15) is 11.6 Å². The van der Waals surface area contributed by atoms with E-state index in [-0.39, 0.29) is 11.9 Å². The van der Waals surface area contributed by atoms with Crippen molar-refractivity contribution in [2.75, 3.05) is 0 Å². The van der Waals surface area contributed by atoms with Gasteiger partial charge < -0.3 is 0 Å². The number of benzene rings is 1. The van der Waals surface area contributed by atoms with Gasteiger partial charge in [-0.2, -0.15) is 0 Å². The third-order valence-corrected chi connectivity index (χ3v) is 2.82. The number of rotatable bonds is 2. The highest BCUT2D eigenvalue weighted by Gasteiger charge is 2.14.